The highest BCUT2D eigenvalue weighted by atomic mass is 35.5. The van der Waals surface area contributed by atoms with E-state index >= 15 is 0 Å². The predicted octanol–water partition coefficient (Wildman–Crippen LogP) is 1.91. The number of benzene rings is 1. The fourth-order valence-corrected chi connectivity index (χ4v) is 2.75. The van der Waals surface area contributed by atoms with Gasteiger partial charge in [-0.05, 0) is 30.5 Å². The van der Waals surface area contributed by atoms with Gasteiger partial charge in [-0.25, -0.2) is 0 Å². The second kappa shape index (κ2) is 4.23. The summed E-state index contributed by atoms with van der Waals surface area (Å²) in [5.41, 5.74) is 0.564. The van der Waals surface area contributed by atoms with Crippen LogP contribution in [0, 0.1) is 5.92 Å². The lowest BCUT2D eigenvalue weighted by molar-refractivity contribution is -0.153. The Kier molecular flexibility index (Phi) is 2.78. The van der Waals surface area contributed by atoms with E-state index in [9.17, 15) is 9.59 Å². The largest absolute Gasteiger partial charge is 0.481 e. The number of likely N-dealkylation sites (tertiary alicyclic amines) is 1. The second-order valence-corrected chi connectivity index (χ2v) is 5.77. The Labute approximate surface area is 116 Å². The molecule has 19 heavy (non-hydrogen) atoms. The fraction of sp³-hybridized carbons (Fsp3) is 0.429. The van der Waals surface area contributed by atoms with Gasteiger partial charge in [0.15, 0.2) is 0 Å². The summed E-state index contributed by atoms with van der Waals surface area (Å²) >= 11 is 5.86. The molecule has 2 fully saturated rings. The molecule has 0 bridgehead atoms. The monoisotopic (exact) mass is 279 g/mol. The Hall–Kier alpha value is -1.55. The molecule has 1 aromatic rings. The quantitative estimate of drug-likeness (QED) is 0.920. The molecule has 1 saturated heterocycles. The summed E-state index contributed by atoms with van der Waals surface area (Å²) in [5, 5.41) is 9.50. The van der Waals surface area contributed by atoms with Crippen molar-refractivity contribution in [3.8, 4) is 0 Å². The molecule has 1 saturated carbocycles. The van der Waals surface area contributed by atoms with Crippen LogP contribution in [0.25, 0.3) is 0 Å². The summed E-state index contributed by atoms with van der Waals surface area (Å²) in [6.45, 7) is 0.674. The Balaban J connectivity index is 1.74. The number of carbonyl (C=O) groups excluding carboxylic acids is 1. The molecule has 100 valence electrons. The van der Waals surface area contributed by atoms with Gasteiger partial charge in [-0.15, -0.1) is 0 Å². The Morgan fingerprint density at radius 3 is 2.26 bits per heavy atom. The molecule has 1 aliphatic carbocycles. The maximum Gasteiger partial charge on any atom is 0.310 e. The van der Waals surface area contributed by atoms with Crippen LogP contribution in [0.2, 0.25) is 5.02 Å². The van der Waals surface area contributed by atoms with Crippen molar-refractivity contribution in [3.63, 3.8) is 0 Å². The van der Waals surface area contributed by atoms with E-state index in [1.165, 1.54) is 0 Å². The van der Waals surface area contributed by atoms with E-state index in [0.29, 0.717) is 18.1 Å². The topological polar surface area (TPSA) is 57.6 Å². The molecule has 0 aromatic heterocycles. The van der Waals surface area contributed by atoms with Crippen LogP contribution in [0.15, 0.2) is 24.3 Å². The first-order valence-electron chi connectivity index (χ1n) is 6.31. The molecule has 1 heterocycles. The highest BCUT2D eigenvalue weighted by molar-refractivity contribution is 6.30. The van der Waals surface area contributed by atoms with E-state index in [4.69, 9.17) is 16.7 Å². The first-order chi connectivity index (χ1) is 9.03. The predicted molar refractivity (Wildman–Crippen MR) is 70.1 cm³/mol. The molecule has 4 nitrogen and oxygen atoms in total. The Morgan fingerprint density at radius 1 is 1.21 bits per heavy atom. The van der Waals surface area contributed by atoms with Crippen molar-refractivity contribution < 1.29 is 14.7 Å². The summed E-state index contributed by atoms with van der Waals surface area (Å²) in [5.74, 6) is -1.15. The van der Waals surface area contributed by atoms with Gasteiger partial charge in [0.25, 0.3) is 0 Å². The zero-order chi connectivity index (χ0) is 13.6. The molecule has 1 aliphatic heterocycles. The second-order valence-electron chi connectivity index (χ2n) is 5.33. The zero-order valence-electron chi connectivity index (χ0n) is 10.3. The van der Waals surface area contributed by atoms with Gasteiger partial charge in [0.1, 0.15) is 0 Å². The molecular weight excluding hydrogens is 266 g/mol. The average molecular weight is 280 g/mol. The van der Waals surface area contributed by atoms with Crippen molar-refractivity contribution in [3.05, 3.63) is 34.9 Å². The summed E-state index contributed by atoms with van der Waals surface area (Å²) in [4.78, 5) is 24.9. The van der Waals surface area contributed by atoms with Crippen LogP contribution >= 0.6 is 11.6 Å². The summed E-state index contributed by atoms with van der Waals surface area (Å²) in [7, 11) is 0. The molecule has 0 spiro atoms. The van der Waals surface area contributed by atoms with E-state index in [-0.39, 0.29) is 5.91 Å². The minimum atomic E-state index is -0.819. The van der Waals surface area contributed by atoms with Crippen molar-refractivity contribution in [1.82, 2.24) is 4.90 Å². The molecule has 3 rings (SSSR count). The SMILES string of the molecule is O=C(O)C1CN(C(=O)C2(c3ccc(Cl)cc3)CC2)C1. The minimum Gasteiger partial charge on any atom is -0.481 e. The number of carbonyl (C=O) groups is 2. The first-order valence-corrected chi connectivity index (χ1v) is 6.69. The fourth-order valence-electron chi connectivity index (χ4n) is 2.62. The average Bonchev–Trinajstić information content (AvgIpc) is 3.08. The van der Waals surface area contributed by atoms with Crippen molar-refractivity contribution in [2.75, 3.05) is 13.1 Å². The number of rotatable bonds is 3. The number of aliphatic carboxylic acids is 1. The molecule has 0 atom stereocenters. The summed E-state index contributed by atoms with van der Waals surface area (Å²) in [6.07, 6.45) is 1.67. The van der Waals surface area contributed by atoms with Crippen LogP contribution in [0.5, 0.6) is 0 Å². The standard InChI is InChI=1S/C14H14ClNO3/c15-11-3-1-10(2-4-11)14(5-6-14)13(19)16-7-9(8-16)12(17)18/h1-4,9H,5-8H2,(H,17,18). The van der Waals surface area contributed by atoms with Crippen molar-refractivity contribution in [2.45, 2.75) is 18.3 Å². The molecule has 5 heteroatoms. The van der Waals surface area contributed by atoms with Gasteiger partial charge < -0.3 is 10.0 Å². The van der Waals surface area contributed by atoms with Crippen molar-refractivity contribution in [1.29, 1.82) is 0 Å². The van der Waals surface area contributed by atoms with Gasteiger partial charge in [0, 0.05) is 18.1 Å². The van der Waals surface area contributed by atoms with Crippen LogP contribution in [-0.4, -0.2) is 35.0 Å². The lowest BCUT2D eigenvalue weighted by atomic mass is 9.90. The van der Waals surface area contributed by atoms with Gasteiger partial charge in [0.2, 0.25) is 5.91 Å². The maximum absolute atomic E-state index is 12.5. The number of nitrogens with zero attached hydrogens (tertiary/aromatic N) is 1. The third kappa shape index (κ3) is 2.00. The third-order valence-corrected chi connectivity index (χ3v) is 4.33. The van der Waals surface area contributed by atoms with Crippen LogP contribution < -0.4 is 0 Å². The summed E-state index contributed by atoms with van der Waals surface area (Å²) < 4.78 is 0. The Bertz CT molecular complexity index is 530. The number of carboxylic acids is 1. The van der Waals surface area contributed by atoms with E-state index in [1.807, 2.05) is 12.1 Å². The van der Waals surface area contributed by atoms with Crippen LogP contribution in [0.4, 0.5) is 0 Å². The molecule has 2 aliphatic rings. The van der Waals surface area contributed by atoms with Crippen molar-refractivity contribution in [2.24, 2.45) is 5.92 Å². The highest BCUT2D eigenvalue weighted by Gasteiger charge is 2.55. The molecular formula is C14H14ClNO3. The number of carboxylic acid groups (broad SMARTS) is 1. The van der Waals surface area contributed by atoms with Crippen LogP contribution in [0.1, 0.15) is 18.4 Å². The van der Waals surface area contributed by atoms with Crippen molar-refractivity contribution >= 4 is 23.5 Å². The number of hydrogen-bond donors (Lipinski definition) is 1. The number of amides is 1. The molecule has 1 N–H and O–H groups in total. The van der Waals surface area contributed by atoms with Gasteiger partial charge in [-0.3, -0.25) is 9.59 Å². The minimum absolute atomic E-state index is 0.0623. The summed E-state index contributed by atoms with van der Waals surface area (Å²) in [6, 6.07) is 7.37. The molecule has 0 unspecified atom stereocenters. The van der Waals surface area contributed by atoms with Gasteiger partial charge in [-0.1, -0.05) is 23.7 Å². The molecule has 0 radical (unpaired) electrons. The van der Waals surface area contributed by atoms with Gasteiger partial charge >= 0.3 is 5.97 Å². The molecule has 1 aromatic carbocycles. The van der Waals surface area contributed by atoms with E-state index < -0.39 is 17.3 Å². The van der Waals surface area contributed by atoms with Crippen LogP contribution in [0.3, 0.4) is 0 Å². The normalized spacial score (nSPS) is 20.8. The van der Waals surface area contributed by atoms with E-state index in [2.05, 4.69) is 0 Å². The lowest BCUT2D eigenvalue weighted by Crippen LogP contribution is -2.55. The van der Waals surface area contributed by atoms with Gasteiger partial charge in [0.05, 0.1) is 11.3 Å². The van der Waals surface area contributed by atoms with Crippen LogP contribution in [-0.2, 0) is 15.0 Å². The third-order valence-electron chi connectivity index (χ3n) is 4.07. The first kappa shape index (κ1) is 12.5. The number of hydrogen-bond acceptors (Lipinski definition) is 2. The van der Waals surface area contributed by atoms with Gasteiger partial charge in [-0.2, -0.15) is 0 Å². The van der Waals surface area contributed by atoms with E-state index in [1.54, 1.807) is 17.0 Å². The smallest absolute Gasteiger partial charge is 0.310 e. The molecule has 1 amide bonds. The lowest BCUT2D eigenvalue weighted by Gasteiger charge is -2.39. The van der Waals surface area contributed by atoms with E-state index in [0.717, 1.165) is 18.4 Å². The highest BCUT2D eigenvalue weighted by Crippen LogP contribution is 2.50. The Morgan fingerprint density at radius 2 is 1.79 bits per heavy atom. The maximum atomic E-state index is 12.5. The number of halogens is 1. The zero-order valence-corrected chi connectivity index (χ0v) is 11.1.